The first-order valence-corrected chi connectivity index (χ1v) is 13.8. The number of hydrogen-bond acceptors (Lipinski definition) is 6. The van der Waals surface area contributed by atoms with E-state index >= 15 is 0 Å². The number of carbonyl (C=O) groups excluding carboxylic acids is 2. The Labute approximate surface area is 230 Å². The van der Waals surface area contributed by atoms with Gasteiger partial charge in [0.1, 0.15) is 17.3 Å². The van der Waals surface area contributed by atoms with E-state index in [1.165, 1.54) is 40.5 Å². The predicted octanol–water partition coefficient (Wildman–Crippen LogP) is 7.25. The number of rotatable bonds is 8. The second kappa shape index (κ2) is 11.0. The van der Waals surface area contributed by atoms with Crippen molar-refractivity contribution in [2.75, 3.05) is 11.5 Å². The number of anilines is 1. The van der Waals surface area contributed by atoms with Gasteiger partial charge in [0, 0.05) is 5.56 Å². The van der Waals surface area contributed by atoms with Crippen LogP contribution in [0.15, 0.2) is 66.2 Å². The third-order valence-electron chi connectivity index (χ3n) is 6.80. The van der Waals surface area contributed by atoms with Crippen molar-refractivity contribution in [2.24, 2.45) is 0 Å². The number of amides is 1. The largest absolute Gasteiger partial charge is 0.507 e. The molecule has 0 saturated carbocycles. The second-order valence-corrected chi connectivity index (χ2v) is 10.7. The number of ether oxygens (including phenoxy) is 1. The fourth-order valence-electron chi connectivity index (χ4n) is 4.86. The molecular formula is C31H29FN2O4S. The van der Waals surface area contributed by atoms with Crippen LogP contribution >= 0.6 is 11.3 Å². The number of aromatic nitrogens is 1. The van der Waals surface area contributed by atoms with Gasteiger partial charge in [0.15, 0.2) is 5.13 Å². The molecule has 1 atom stereocenters. The number of aryl methyl sites for hydroxylation is 2. The molecule has 2 heterocycles. The summed E-state index contributed by atoms with van der Waals surface area (Å²) < 4.78 is 20.3. The summed E-state index contributed by atoms with van der Waals surface area (Å²) in [5, 5.41) is 11.6. The number of carbonyl (C=O) groups is 2. The van der Waals surface area contributed by atoms with Gasteiger partial charge in [-0.15, -0.1) is 0 Å². The average Bonchev–Trinajstić information content (AvgIpc) is 3.45. The zero-order chi connectivity index (χ0) is 27.7. The molecule has 5 rings (SSSR count). The van der Waals surface area contributed by atoms with Crippen LogP contribution in [0.25, 0.3) is 16.0 Å². The minimum atomic E-state index is -0.925. The number of halogens is 1. The molecule has 0 bridgehead atoms. The Balaban J connectivity index is 1.62. The summed E-state index contributed by atoms with van der Waals surface area (Å²) in [6.45, 7) is 6.68. The predicted molar refractivity (Wildman–Crippen MR) is 152 cm³/mol. The van der Waals surface area contributed by atoms with E-state index in [0.717, 1.165) is 40.6 Å². The molecule has 1 saturated heterocycles. The highest BCUT2D eigenvalue weighted by Crippen LogP contribution is 2.45. The summed E-state index contributed by atoms with van der Waals surface area (Å²) in [6, 6.07) is 15.4. The summed E-state index contributed by atoms with van der Waals surface area (Å²) in [7, 11) is 0. The van der Waals surface area contributed by atoms with Crippen LogP contribution in [0.3, 0.4) is 0 Å². The maximum absolute atomic E-state index is 13.6. The number of fused-ring (bicyclic) bond motifs is 1. The minimum absolute atomic E-state index is 0.0737. The molecule has 1 N–H and O–H groups in total. The summed E-state index contributed by atoms with van der Waals surface area (Å²) in [5.41, 5.74) is 3.58. The van der Waals surface area contributed by atoms with Crippen LogP contribution in [0.2, 0.25) is 0 Å². The first-order valence-electron chi connectivity index (χ1n) is 13.0. The van der Waals surface area contributed by atoms with Crippen LogP contribution in [0.5, 0.6) is 5.75 Å². The van der Waals surface area contributed by atoms with E-state index in [1.54, 1.807) is 24.3 Å². The first-order chi connectivity index (χ1) is 18.8. The molecule has 0 spiro atoms. The molecule has 3 aromatic carbocycles. The number of aliphatic hydroxyl groups is 1. The van der Waals surface area contributed by atoms with Gasteiger partial charge in [0.05, 0.1) is 28.4 Å². The van der Waals surface area contributed by atoms with Gasteiger partial charge >= 0.3 is 5.91 Å². The topological polar surface area (TPSA) is 79.7 Å². The van der Waals surface area contributed by atoms with Crippen LogP contribution in [0, 0.1) is 19.7 Å². The number of nitrogens with zero attached hydrogens (tertiary/aromatic N) is 2. The molecule has 1 fully saturated rings. The number of benzene rings is 3. The number of Topliss-reactive ketones (excluding diaryl/α,β-unsaturated/α-hetero) is 1. The highest BCUT2D eigenvalue weighted by atomic mass is 32.1. The summed E-state index contributed by atoms with van der Waals surface area (Å²) in [5.74, 6) is -1.77. The van der Waals surface area contributed by atoms with Gasteiger partial charge < -0.3 is 9.84 Å². The average molecular weight is 545 g/mol. The van der Waals surface area contributed by atoms with Gasteiger partial charge in [-0.3, -0.25) is 14.5 Å². The minimum Gasteiger partial charge on any atom is -0.507 e. The van der Waals surface area contributed by atoms with E-state index in [-0.39, 0.29) is 16.9 Å². The van der Waals surface area contributed by atoms with E-state index in [1.807, 2.05) is 26.0 Å². The monoisotopic (exact) mass is 544 g/mol. The molecule has 4 aromatic rings. The Morgan fingerprint density at radius 2 is 1.77 bits per heavy atom. The van der Waals surface area contributed by atoms with Crippen LogP contribution in [-0.4, -0.2) is 28.4 Å². The molecule has 1 aromatic heterocycles. The normalized spacial score (nSPS) is 16.8. The second-order valence-electron chi connectivity index (χ2n) is 9.73. The van der Waals surface area contributed by atoms with E-state index < -0.39 is 23.5 Å². The molecule has 200 valence electrons. The fraction of sp³-hybridized carbons (Fsp3) is 0.258. The van der Waals surface area contributed by atoms with Crippen molar-refractivity contribution in [3.63, 3.8) is 0 Å². The number of unbranched alkanes of at least 4 members (excludes halogenated alkanes) is 2. The molecular weight excluding hydrogens is 515 g/mol. The molecule has 1 amide bonds. The summed E-state index contributed by atoms with van der Waals surface area (Å²) >= 11 is 1.32. The van der Waals surface area contributed by atoms with Crippen molar-refractivity contribution in [3.8, 4) is 5.75 Å². The molecule has 6 nitrogen and oxygen atoms in total. The lowest BCUT2D eigenvalue weighted by Crippen LogP contribution is -2.29. The van der Waals surface area contributed by atoms with Crippen LogP contribution in [0.1, 0.15) is 54.5 Å². The summed E-state index contributed by atoms with van der Waals surface area (Å²) in [6.07, 6.45) is 3.13. The highest BCUT2D eigenvalue weighted by Gasteiger charge is 2.48. The van der Waals surface area contributed by atoms with E-state index in [4.69, 9.17) is 9.72 Å². The lowest BCUT2D eigenvalue weighted by molar-refractivity contribution is -0.132. The number of aliphatic hydroxyl groups excluding tert-OH is 1. The molecule has 1 unspecified atom stereocenters. The maximum Gasteiger partial charge on any atom is 0.301 e. The Kier molecular flexibility index (Phi) is 7.48. The quantitative estimate of drug-likeness (QED) is 0.109. The summed E-state index contributed by atoms with van der Waals surface area (Å²) in [4.78, 5) is 33.0. The van der Waals surface area contributed by atoms with Gasteiger partial charge in [-0.05, 0) is 79.4 Å². The standard InChI is InChI=1S/C31H29FN2O4S/c1-4-5-6-15-38-23-13-9-20(10-14-23)27-25(28(35)21-7-11-22(32)12-8-21)29(36)30(37)34(27)31-33-26-19(3)16-18(2)17-24(26)39-31/h7-14,16-17,27,35H,4-6,15H2,1-3H3. The van der Waals surface area contributed by atoms with Crippen LogP contribution in [-0.2, 0) is 9.59 Å². The van der Waals surface area contributed by atoms with Crippen molar-refractivity contribution in [2.45, 2.75) is 46.1 Å². The lowest BCUT2D eigenvalue weighted by atomic mass is 9.95. The first kappa shape index (κ1) is 26.6. The number of hydrogen-bond donors (Lipinski definition) is 1. The van der Waals surface area contributed by atoms with Crippen molar-refractivity contribution in [3.05, 3.63) is 94.3 Å². The molecule has 0 aliphatic carbocycles. The van der Waals surface area contributed by atoms with Crippen molar-refractivity contribution in [1.82, 2.24) is 4.98 Å². The molecule has 1 aliphatic heterocycles. The van der Waals surface area contributed by atoms with E-state index in [0.29, 0.717) is 23.1 Å². The highest BCUT2D eigenvalue weighted by molar-refractivity contribution is 7.22. The fourth-order valence-corrected chi connectivity index (χ4v) is 6.03. The van der Waals surface area contributed by atoms with Gasteiger partial charge in [0.25, 0.3) is 5.78 Å². The molecule has 0 radical (unpaired) electrons. The SMILES string of the molecule is CCCCCOc1ccc(C2C(=C(O)c3ccc(F)cc3)C(=O)C(=O)N2c2nc3c(C)cc(C)cc3s2)cc1. The van der Waals surface area contributed by atoms with E-state index in [2.05, 4.69) is 6.92 Å². The van der Waals surface area contributed by atoms with Gasteiger partial charge in [-0.25, -0.2) is 9.37 Å². The smallest absolute Gasteiger partial charge is 0.301 e. The van der Waals surface area contributed by atoms with Crippen LogP contribution < -0.4 is 9.64 Å². The van der Waals surface area contributed by atoms with Crippen LogP contribution in [0.4, 0.5) is 9.52 Å². The van der Waals surface area contributed by atoms with Crippen molar-refractivity contribution < 1.29 is 23.8 Å². The molecule has 8 heteroatoms. The van der Waals surface area contributed by atoms with Gasteiger partial charge in [-0.1, -0.05) is 49.3 Å². The third kappa shape index (κ3) is 5.16. The van der Waals surface area contributed by atoms with Crippen molar-refractivity contribution in [1.29, 1.82) is 0 Å². The zero-order valence-corrected chi connectivity index (χ0v) is 22.8. The third-order valence-corrected chi connectivity index (χ3v) is 7.80. The Bertz CT molecular complexity index is 1570. The van der Waals surface area contributed by atoms with E-state index in [9.17, 15) is 19.1 Å². The maximum atomic E-state index is 13.6. The Morgan fingerprint density at radius 1 is 1.05 bits per heavy atom. The van der Waals surface area contributed by atoms with Gasteiger partial charge in [-0.2, -0.15) is 0 Å². The Hall–Kier alpha value is -4.04. The number of thiazole rings is 1. The number of ketones is 1. The Morgan fingerprint density at radius 3 is 2.46 bits per heavy atom. The lowest BCUT2D eigenvalue weighted by Gasteiger charge is -2.23. The van der Waals surface area contributed by atoms with Gasteiger partial charge in [0.2, 0.25) is 0 Å². The zero-order valence-electron chi connectivity index (χ0n) is 22.0. The van der Waals surface area contributed by atoms with Crippen molar-refractivity contribution >= 4 is 44.1 Å². The molecule has 39 heavy (non-hydrogen) atoms. The molecule has 1 aliphatic rings.